The van der Waals surface area contributed by atoms with Crippen LogP contribution >= 0.6 is 0 Å². The van der Waals surface area contributed by atoms with Crippen LogP contribution in [0.3, 0.4) is 0 Å². The molecule has 0 aromatic heterocycles. The Morgan fingerprint density at radius 2 is 1.90 bits per heavy atom. The number of aryl methyl sites for hydroxylation is 2. The summed E-state index contributed by atoms with van der Waals surface area (Å²) in [6.45, 7) is 11.3. The van der Waals surface area contributed by atoms with Crippen LogP contribution in [-0.4, -0.2) is 13.0 Å². The number of nitrogens with one attached hydrogen (secondary N) is 1. The van der Waals surface area contributed by atoms with Crippen molar-refractivity contribution in [3.05, 3.63) is 47.0 Å². The van der Waals surface area contributed by atoms with Gasteiger partial charge in [0.2, 0.25) is 0 Å². The molecule has 0 saturated heterocycles. The minimum atomic E-state index is 0. The van der Waals surface area contributed by atoms with E-state index >= 15 is 0 Å². The molecule has 0 radical (unpaired) electrons. The summed E-state index contributed by atoms with van der Waals surface area (Å²) < 4.78 is 0. The van der Waals surface area contributed by atoms with Gasteiger partial charge in [0.25, 0.3) is 0 Å². The Kier molecular flexibility index (Phi) is 22.0. The summed E-state index contributed by atoms with van der Waals surface area (Å²) in [4.78, 5) is 10.1. The quantitative estimate of drug-likeness (QED) is 0.204. The third-order valence-electron chi connectivity index (χ3n) is 5.43. The molecule has 1 saturated carbocycles. The van der Waals surface area contributed by atoms with E-state index in [1.807, 2.05) is 39.0 Å². The maximum absolute atomic E-state index is 10.1. The first-order valence-corrected chi connectivity index (χ1v) is 11.2. The Morgan fingerprint density at radius 1 is 1.20 bits per heavy atom. The first-order valence-electron chi connectivity index (χ1n) is 11.2. The van der Waals surface area contributed by atoms with Gasteiger partial charge in [0.1, 0.15) is 0 Å². The molecule has 1 aromatic carbocycles. The van der Waals surface area contributed by atoms with Crippen LogP contribution in [-0.2, 0) is 4.79 Å². The molecule has 1 fully saturated rings. The molecule has 1 amide bonds. The van der Waals surface area contributed by atoms with Crippen molar-refractivity contribution in [2.45, 2.75) is 86.0 Å². The van der Waals surface area contributed by atoms with Crippen LogP contribution in [0, 0.1) is 68.1 Å². The van der Waals surface area contributed by atoms with Gasteiger partial charge in [-0.2, -0.15) is 11.7 Å². The van der Waals surface area contributed by atoms with E-state index < -0.39 is 0 Å². The molecule has 30 heavy (non-hydrogen) atoms. The second-order valence-electron chi connectivity index (χ2n) is 7.91. The van der Waals surface area contributed by atoms with Gasteiger partial charge in [0, 0.05) is 31.1 Å². The van der Waals surface area contributed by atoms with E-state index in [0.29, 0.717) is 5.92 Å². The molecule has 0 aliphatic heterocycles. The van der Waals surface area contributed by atoms with Crippen molar-refractivity contribution in [1.29, 1.82) is 5.26 Å². The Balaban J connectivity index is 0. The Hall–Kier alpha value is -1.03. The fourth-order valence-electron chi connectivity index (χ4n) is 3.58. The van der Waals surface area contributed by atoms with Gasteiger partial charge in [-0.1, -0.05) is 64.2 Å². The molecule has 0 bridgehead atoms. The van der Waals surface area contributed by atoms with Crippen LogP contribution in [0.1, 0.15) is 88.8 Å². The van der Waals surface area contributed by atoms with Crippen LogP contribution in [0.25, 0.3) is 0 Å². The normalized spacial score (nSPS) is 17.3. The summed E-state index contributed by atoms with van der Waals surface area (Å²) in [5, 5.41) is 11.2. The standard InChI is InChI=1S/C12H22NO.C9H9N.C5H10.U/c1-2-3-5-11-6-4-7-12(8-11)9-13-10-14;1-7-3-4-9(6-10)5-8(7)2;1-3-5-4-2;/h11-12H,2-9H2,1H3,(H,13,14);3-5H,1-2H3;3,5H,4H2,1-2H3;/q-1;;;/b;;5-3-;/t11-,12+;;;/m0.../s1. The van der Waals surface area contributed by atoms with E-state index in [1.54, 1.807) is 6.41 Å². The molecule has 1 N–H and O–H groups in total. The van der Waals surface area contributed by atoms with Crippen molar-refractivity contribution in [2.75, 3.05) is 6.54 Å². The predicted octanol–water partition coefficient (Wildman–Crippen LogP) is 6.79. The van der Waals surface area contributed by atoms with Gasteiger partial charge >= 0.3 is 0 Å². The van der Waals surface area contributed by atoms with Crippen molar-refractivity contribution in [1.82, 2.24) is 5.32 Å². The van der Waals surface area contributed by atoms with Crippen molar-refractivity contribution >= 4 is 6.41 Å². The molecule has 0 heterocycles. The second kappa shape index (κ2) is 21.2. The van der Waals surface area contributed by atoms with Crippen LogP contribution in [0.5, 0.6) is 0 Å². The monoisotopic (exact) mass is 635 g/mol. The Bertz CT molecular complexity index is 622. The van der Waals surface area contributed by atoms with E-state index in [4.69, 9.17) is 5.26 Å². The fourth-order valence-corrected chi connectivity index (χ4v) is 3.58. The Labute approximate surface area is 209 Å². The molecule has 2 rings (SSSR count). The maximum Gasteiger partial charge on any atom is 0.0991 e. The van der Waals surface area contributed by atoms with E-state index in [0.717, 1.165) is 24.4 Å². The maximum atomic E-state index is 10.1. The van der Waals surface area contributed by atoms with Gasteiger partial charge in [0.05, 0.1) is 11.6 Å². The molecule has 1 aliphatic carbocycles. The molecule has 166 valence electrons. The summed E-state index contributed by atoms with van der Waals surface area (Å²) in [6.07, 6.45) is 16.5. The number of allylic oxidation sites excluding steroid dienone is 2. The van der Waals surface area contributed by atoms with Crippen molar-refractivity contribution in [2.24, 2.45) is 11.8 Å². The van der Waals surface area contributed by atoms with Crippen LogP contribution in [0.2, 0.25) is 0 Å². The summed E-state index contributed by atoms with van der Waals surface area (Å²) in [7, 11) is 0. The number of hydrogen-bond donors (Lipinski definition) is 1. The molecule has 3 nitrogen and oxygen atoms in total. The third-order valence-corrected chi connectivity index (χ3v) is 5.43. The van der Waals surface area contributed by atoms with Gasteiger partial charge in [-0.15, -0.1) is 0 Å². The van der Waals surface area contributed by atoms with Gasteiger partial charge < -0.3 is 10.1 Å². The number of benzene rings is 1. The number of amides is 1. The number of nitriles is 1. The van der Waals surface area contributed by atoms with E-state index in [9.17, 15) is 4.79 Å². The summed E-state index contributed by atoms with van der Waals surface area (Å²) >= 11 is 0. The number of rotatable bonds is 7. The minimum Gasteiger partial charge on any atom is -0.530 e. The fraction of sp³-hybridized carbons (Fsp3) is 0.615. The van der Waals surface area contributed by atoms with Crippen molar-refractivity contribution < 1.29 is 35.9 Å². The molecule has 1 aliphatic rings. The van der Waals surface area contributed by atoms with Gasteiger partial charge in [-0.05, 0) is 81.7 Å². The van der Waals surface area contributed by atoms with E-state index in [1.165, 1.54) is 56.1 Å². The second-order valence-corrected chi connectivity index (χ2v) is 7.91. The van der Waals surface area contributed by atoms with E-state index in [-0.39, 0.29) is 31.1 Å². The molecule has 1 aromatic rings. The number of nitrogens with zero attached hydrogens (tertiary/aromatic N) is 1. The van der Waals surface area contributed by atoms with E-state index in [2.05, 4.69) is 37.4 Å². The third kappa shape index (κ3) is 15.8. The zero-order valence-electron chi connectivity index (χ0n) is 19.8. The summed E-state index contributed by atoms with van der Waals surface area (Å²) in [6, 6.07) is 7.79. The van der Waals surface area contributed by atoms with Crippen LogP contribution < -0.4 is 5.32 Å². The molecular formula is C26H41N2OU-. The first-order chi connectivity index (χ1) is 14.0. The van der Waals surface area contributed by atoms with Crippen molar-refractivity contribution in [3.63, 3.8) is 0 Å². The molecule has 0 unspecified atom stereocenters. The number of hydrogen-bond acceptors (Lipinski definition) is 2. The van der Waals surface area contributed by atoms with Crippen LogP contribution in [0.15, 0.2) is 30.4 Å². The first kappa shape index (κ1) is 31.2. The molecule has 0 spiro atoms. The summed E-state index contributed by atoms with van der Waals surface area (Å²) in [5.41, 5.74) is 3.15. The van der Waals surface area contributed by atoms with Gasteiger partial charge in [-0.3, -0.25) is 0 Å². The molecular weight excluding hydrogens is 594 g/mol. The SMILES string of the molecule is C/C=C\CC.CCCC[C@H]1CCC[C@@H](CN[C-]=O)C1.Cc1ccc(C#N)cc1C.[U]. The van der Waals surface area contributed by atoms with Gasteiger partial charge in [-0.25, -0.2) is 0 Å². The zero-order chi connectivity index (χ0) is 21.9. The average molecular weight is 636 g/mol. The number of unbranched alkanes of at least 4 members (excludes halogenated alkanes) is 1. The smallest absolute Gasteiger partial charge is 0.0991 e. The molecule has 4 heteroatoms. The molecule has 2 atom stereocenters. The average Bonchev–Trinajstić information content (AvgIpc) is 2.74. The van der Waals surface area contributed by atoms with Crippen LogP contribution in [0.4, 0.5) is 0 Å². The zero-order valence-corrected chi connectivity index (χ0v) is 23.9. The van der Waals surface area contributed by atoms with Gasteiger partial charge in [0.15, 0.2) is 0 Å². The summed E-state index contributed by atoms with van der Waals surface area (Å²) in [5.74, 6) is 1.63. The largest absolute Gasteiger partial charge is 0.530 e. The topological polar surface area (TPSA) is 52.9 Å². The van der Waals surface area contributed by atoms with Crippen molar-refractivity contribution in [3.8, 4) is 6.07 Å². The number of carbonyl (C=O) groups excluding carboxylic acids is 1. The predicted molar refractivity (Wildman–Crippen MR) is 124 cm³/mol. The minimum absolute atomic E-state index is 0. The Morgan fingerprint density at radius 3 is 2.40 bits per heavy atom.